The molecule has 0 aromatic carbocycles. The summed E-state index contributed by atoms with van der Waals surface area (Å²) in [5, 5.41) is 5.96. The van der Waals surface area contributed by atoms with Gasteiger partial charge in [0.25, 0.3) is 5.91 Å². The normalized spacial score (nSPS) is 22.8. The minimum Gasteiger partial charge on any atom is -0.372 e. The van der Waals surface area contributed by atoms with Gasteiger partial charge in [0, 0.05) is 19.8 Å². The third-order valence-electron chi connectivity index (χ3n) is 3.64. The van der Waals surface area contributed by atoms with Gasteiger partial charge in [0.1, 0.15) is 5.82 Å². The Morgan fingerprint density at radius 2 is 2.33 bits per heavy atom. The molecule has 18 heavy (non-hydrogen) atoms. The summed E-state index contributed by atoms with van der Waals surface area (Å²) >= 11 is 0. The Kier molecular flexibility index (Phi) is 4.18. The van der Waals surface area contributed by atoms with Crippen LogP contribution in [0, 0.1) is 11.8 Å². The molecule has 4 nitrogen and oxygen atoms in total. The van der Waals surface area contributed by atoms with E-state index in [1.165, 1.54) is 19.3 Å². The molecule has 0 radical (unpaired) electrons. The second-order valence-corrected chi connectivity index (χ2v) is 5.14. The van der Waals surface area contributed by atoms with Gasteiger partial charge in [-0.15, -0.1) is 0 Å². The van der Waals surface area contributed by atoms with Crippen LogP contribution in [0.25, 0.3) is 0 Å². The number of nitrogens with one attached hydrogen (secondary N) is 2. The quantitative estimate of drug-likeness (QED) is 0.858. The maximum Gasteiger partial charge on any atom is 0.255 e. The number of hydrogen-bond donors (Lipinski definition) is 2. The van der Waals surface area contributed by atoms with E-state index in [0.717, 1.165) is 12.5 Å². The number of nitrogens with zero attached hydrogens (tertiary/aromatic N) is 1. The number of amides is 1. The standard InChI is InChI=1S/C14H21N3O/c1-10-5-6-11(8-10)9-17-14(18)12-4-3-7-16-13(12)15-2/h3-4,7,10-11H,5-6,8-9H2,1-2H3,(H,15,16)(H,17,18). The summed E-state index contributed by atoms with van der Waals surface area (Å²) in [6.45, 7) is 3.06. The molecule has 2 N–H and O–H groups in total. The molecule has 0 saturated heterocycles. The van der Waals surface area contributed by atoms with Gasteiger partial charge in [0.15, 0.2) is 0 Å². The van der Waals surface area contributed by atoms with Gasteiger partial charge >= 0.3 is 0 Å². The number of carbonyl (C=O) groups is 1. The fraction of sp³-hybridized carbons (Fsp3) is 0.571. The summed E-state index contributed by atoms with van der Waals surface area (Å²) in [5.41, 5.74) is 0.617. The van der Waals surface area contributed by atoms with Gasteiger partial charge in [-0.3, -0.25) is 4.79 Å². The summed E-state index contributed by atoms with van der Waals surface area (Å²) in [6, 6.07) is 3.58. The van der Waals surface area contributed by atoms with E-state index in [9.17, 15) is 4.79 Å². The van der Waals surface area contributed by atoms with E-state index in [1.807, 2.05) is 0 Å². The van der Waals surface area contributed by atoms with E-state index in [4.69, 9.17) is 0 Å². The monoisotopic (exact) mass is 247 g/mol. The molecule has 1 aliphatic rings. The van der Waals surface area contributed by atoms with E-state index < -0.39 is 0 Å². The van der Waals surface area contributed by atoms with Crippen molar-refractivity contribution in [1.29, 1.82) is 0 Å². The van der Waals surface area contributed by atoms with Crippen molar-refractivity contribution in [1.82, 2.24) is 10.3 Å². The van der Waals surface area contributed by atoms with Crippen LogP contribution >= 0.6 is 0 Å². The van der Waals surface area contributed by atoms with Crippen LogP contribution < -0.4 is 10.6 Å². The SMILES string of the molecule is CNc1ncccc1C(=O)NCC1CCC(C)C1. The molecule has 0 bridgehead atoms. The predicted octanol–water partition coefficient (Wildman–Crippen LogP) is 2.29. The van der Waals surface area contributed by atoms with Gasteiger partial charge in [-0.1, -0.05) is 13.3 Å². The smallest absolute Gasteiger partial charge is 0.255 e. The lowest BCUT2D eigenvalue weighted by atomic mass is 10.1. The highest BCUT2D eigenvalue weighted by Crippen LogP contribution is 2.29. The lowest BCUT2D eigenvalue weighted by Crippen LogP contribution is -2.29. The maximum atomic E-state index is 12.1. The van der Waals surface area contributed by atoms with E-state index in [1.54, 1.807) is 25.4 Å². The molecule has 2 rings (SSSR count). The molecule has 1 amide bonds. The highest BCUT2D eigenvalue weighted by molar-refractivity contribution is 5.98. The molecule has 0 spiro atoms. The highest BCUT2D eigenvalue weighted by atomic mass is 16.1. The summed E-state index contributed by atoms with van der Waals surface area (Å²) in [7, 11) is 1.78. The predicted molar refractivity (Wildman–Crippen MR) is 72.6 cm³/mol. The van der Waals surface area contributed by atoms with Crippen molar-refractivity contribution >= 4 is 11.7 Å². The molecule has 2 atom stereocenters. The molecule has 1 fully saturated rings. The Morgan fingerprint density at radius 3 is 3.00 bits per heavy atom. The average molecular weight is 247 g/mol. The number of hydrogen-bond acceptors (Lipinski definition) is 3. The lowest BCUT2D eigenvalue weighted by Gasteiger charge is -2.12. The van der Waals surface area contributed by atoms with Crippen molar-refractivity contribution in [3.05, 3.63) is 23.9 Å². The summed E-state index contributed by atoms with van der Waals surface area (Å²) in [4.78, 5) is 16.2. The Hall–Kier alpha value is -1.58. The van der Waals surface area contributed by atoms with Crippen LogP contribution in [0.15, 0.2) is 18.3 Å². The first-order chi connectivity index (χ1) is 8.70. The van der Waals surface area contributed by atoms with Crippen molar-refractivity contribution < 1.29 is 4.79 Å². The number of anilines is 1. The van der Waals surface area contributed by atoms with E-state index >= 15 is 0 Å². The maximum absolute atomic E-state index is 12.1. The van der Waals surface area contributed by atoms with Crippen LogP contribution in [-0.2, 0) is 0 Å². The molecule has 1 aromatic heterocycles. The molecular weight excluding hydrogens is 226 g/mol. The van der Waals surface area contributed by atoms with E-state index in [2.05, 4.69) is 22.5 Å². The Labute approximate surface area is 108 Å². The third-order valence-corrected chi connectivity index (χ3v) is 3.64. The van der Waals surface area contributed by atoms with Gasteiger partial charge in [-0.2, -0.15) is 0 Å². The second kappa shape index (κ2) is 5.85. The molecule has 0 aliphatic heterocycles. The van der Waals surface area contributed by atoms with Crippen LogP contribution in [-0.4, -0.2) is 24.5 Å². The van der Waals surface area contributed by atoms with Crippen LogP contribution in [0.4, 0.5) is 5.82 Å². The van der Waals surface area contributed by atoms with Gasteiger partial charge in [-0.05, 0) is 36.8 Å². The first kappa shape index (κ1) is 12.9. The number of pyridine rings is 1. The van der Waals surface area contributed by atoms with Gasteiger partial charge in [0.2, 0.25) is 0 Å². The van der Waals surface area contributed by atoms with Crippen molar-refractivity contribution in [2.75, 3.05) is 18.9 Å². The van der Waals surface area contributed by atoms with Gasteiger partial charge in [0.05, 0.1) is 5.56 Å². The van der Waals surface area contributed by atoms with Crippen LogP contribution in [0.1, 0.15) is 36.5 Å². The van der Waals surface area contributed by atoms with Crippen LogP contribution in [0.2, 0.25) is 0 Å². The molecule has 2 unspecified atom stereocenters. The molecule has 1 aromatic rings. The first-order valence-electron chi connectivity index (χ1n) is 6.61. The summed E-state index contributed by atoms with van der Waals surface area (Å²) < 4.78 is 0. The van der Waals surface area contributed by atoms with Crippen molar-refractivity contribution in [3.8, 4) is 0 Å². The van der Waals surface area contributed by atoms with E-state index in [-0.39, 0.29) is 5.91 Å². The number of aromatic nitrogens is 1. The second-order valence-electron chi connectivity index (χ2n) is 5.14. The minimum absolute atomic E-state index is 0.0352. The fourth-order valence-corrected chi connectivity index (χ4v) is 2.63. The highest BCUT2D eigenvalue weighted by Gasteiger charge is 2.22. The van der Waals surface area contributed by atoms with Crippen LogP contribution in [0.5, 0.6) is 0 Å². The minimum atomic E-state index is -0.0352. The molecule has 1 saturated carbocycles. The molecule has 98 valence electrons. The Balaban J connectivity index is 1.91. The third kappa shape index (κ3) is 3.00. The number of carbonyl (C=O) groups excluding carboxylic acids is 1. The zero-order chi connectivity index (χ0) is 13.0. The largest absolute Gasteiger partial charge is 0.372 e. The van der Waals surface area contributed by atoms with Gasteiger partial charge in [-0.25, -0.2) is 4.98 Å². The Morgan fingerprint density at radius 1 is 1.50 bits per heavy atom. The topological polar surface area (TPSA) is 54.0 Å². The average Bonchev–Trinajstić information content (AvgIpc) is 2.81. The number of rotatable bonds is 4. The molecule has 1 heterocycles. The summed E-state index contributed by atoms with van der Waals surface area (Å²) in [5.74, 6) is 2.04. The van der Waals surface area contributed by atoms with Crippen LogP contribution in [0.3, 0.4) is 0 Å². The first-order valence-corrected chi connectivity index (χ1v) is 6.61. The molecule has 1 aliphatic carbocycles. The summed E-state index contributed by atoms with van der Waals surface area (Å²) in [6.07, 6.45) is 5.43. The lowest BCUT2D eigenvalue weighted by molar-refractivity contribution is 0.0947. The Bertz CT molecular complexity index is 419. The fourth-order valence-electron chi connectivity index (χ4n) is 2.63. The van der Waals surface area contributed by atoms with Crippen molar-refractivity contribution in [2.45, 2.75) is 26.2 Å². The molecular formula is C14H21N3O. The van der Waals surface area contributed by atoms with Gasteiger partial charge < -0.3 is 10.6 Å². The molecule has 4 heteroatoms. The van der Waals surface area contributed by atoms with Crippen molar-refractivity contribution in [2.24, 2.45) is 11.8 Å². The zero-order valence-corrected chi connectivity index (χ0v) is 11.1. The van der Waals surface area contributed by atoms with E-state index in [0.29, 0.717) is 17.3 Å². The zero-order valence-electron chi connectivity index (χ0n) is 11.1. The van der Waals surface area contributed by atoms with Crippen molar-refractivity contribution in [3.63, 3.8) is 0 Å².